The molecule has 26 heavy (non-hydrogen) atoms. The minimum Gasteiger partial charge on any atom is -0.496 e. The van der Waals surface area contributed by atoms with Gasteiger partial charge in [0.15, 0.2) is 0 Å². The molecule has 2 aromatic rings. The lowest BCUT2D eigenvalue weighted by Crippen LogP contribution is -2.45. The fourth-order valence-electron chi connectivity index (χ4n) is 2.99. The first-order valence-corrected chi connectivity index (χ1v) is 10.7. The van der Waals surface area contributed by atoms with Gasteiger partial charge in [0.25, 0.3) is 10.0 Å². The molecule has 1 unspecified atom stereocenters. The number of amides is 1. The van der Waals surface area contributed by atoms with Crippen LogP contribution in [-0.2, 0) is 21.4 Å². The number of nitrogens with zero attached hydrogens (tertiary/aromatic N) is 1. The van der Waals surface area contributed by atoms with E-state index in [9.17, 15) is 13.2 Å². The fourth-order valence-corrected chi connectivity index (χ4v) is 6.26. The summed E-state index contributed by atoms with van der Waals surface area (Å²) in [7, 11) is -2.16. The molecule has 1 amide bonds. The monoisotopic (exact) mass is 414 g/mol. The Balaban J connectivity index is 1.72. The summed E-state index contributed by atoms with van der Waals surface area (Å²) in [5.74, 6) is 0.372. The van der Waals surface area contributed by atoms with Crippen LogP contribution in [-0.4, -0.2) is 38.3 Å². The SMILES string of the molecule is COc1ccccc1CNC(=O)C1CCCN1S(=O)(=O)c1ccc(Cl)s1. The number of hydrogen-bond acceptors (Lipinski definition) is 5. The predicted octanol–water partition coefficient (Wildman–Crippen LogP) is 2.88. The van der Waals surface area contributed by atoms with Gasteiger partial charge in [0.05, 0.1) is 11.4 Å². The van der Waals surface area contributed by atoms with Crippen LogP contribution in [0.25, 0.3) is 0 Å². The molecule has 1 saturated heterocycles. The molecular weight excluding hydrogens is 396 g/mol. The number of nitrogens with one attached hydrogen (secondary N) is 1. The Morgan fingerprint density at radius 2 is 2.12 bits per heavy atom. The van der Waals surface area contributed by atoms with Crippen LogP contribution in [0.15, 0.2) is 40.6 Å². The number of halogens is 1. The van der Waals surface area contributed by atoms with Crippen LogP contribution in [0.3, 0.4) is 0 Å². The average molecular weight is 415 g/mol. The Kier molecular flexibility index (Phi) is 5.86. The maximum Gasteiger partial charge on any atom is 0.253 e. The fraction of sp³-hybridized carbons (Fsp3) is 0.353. The summed E-state index contributed by atoms with van der Waals surface area (Å²) in [6.45, 7) is 0.600. The third-order valence-corrected chi connectivity index (χ3v) is 7.87. The summed E-state index contributed by atoms with van der Waals surface area (Å²) >= 11 is 6.86. The summed E-state index contributed by atoms with van der Waals surface area (Å²) < 4.78 is 32.7. The van der Waals surface area contributed by atoms with Crippen molar-refractivity contribution in [1.82, 2.24) is 9.62 Å². The smallest absolute Gasteiger partial charge is 0.253 e. The van der Waals surface area contributed by atoms with E-state index in [-0.39, 0.29) is 16.7 Å². The average Bonchev–Trinajstić information content (AvgIpc) is 3.29. The highest BCUT2D eigenvalue weighted by Crippen LogP contribution is 2.32. The highest BCUT2D eigenvalue weighted by atomic mass is 35.5. The van der Waals surface area contributed by atoms with Crippen LogP contribution in [0.4, 0.5) is 0 Å². The Morgan fingerprint density at radius 3 is 2.81 bits per heavy atom. The van der Waals surface area contributed by atoms with Gasteiger partial charge >= 0.3 is 0 Å². The number of para-hydroxylation sites is 1. The summed E-state index contributed by atoms with van der Waals surface area (Å²) in [4.78, 5) is 12.6. The number of methoxy groups -OCH3 is 1. The first kappa shape index (κ1) is 19.2. The van der Waals surface area contributed by atoms with Crippen molar-refractivity contribution in [2.75, 3.05) is 13.7 Å². The van der Waals surface area contributed by atoms with Gasteiger partial charge in [0.2, 0.25) is 5.91 Å². The summed E-state index contributed by atoms with van der Waals surface area (Å²) in [5.41, 5.74) is 0.834. The van der Waals surface area contributed by atoms with Crippen LogP contribution in [0.2, 0.25) is 4.34 Å². The molecule has 140 valence electrons. The Labute approximate surface area is 161 Å². The van der Waals surface area contributed by atoms with Crippen molar-refractivity contribution < 1.29 is 17.9 Å². The molecule has 1 atom stereocenters. The Hall–Kier alpha value is -1.61. The molecule has 1 aromatic heterocycles. The molecule has 0 aliphatic carbocycles. The third-order valence-electron chi connectivity index (χ3n) is 4.26. The topological polar surface area (TPSA) is 75.7 Å². The first-order valence-electron chi connectivity index (χ1n) is 8.10. The molecule has 9 heteroatoms. The second kappa shape index (κ2) is 7.96. The van der Waals surface area contributed by atoms with Gasteiger partial charge < -0.3 is 10.1 Å². The van der Waals surface area contributed by atoms with E-state index in [0.29, 0.717) is 29.5 Å². The lowest BCUT2D eigenvalue weighted by Gasteiger charge is -2.22. The number of hydrogen-bond donors (Lipinski definition) is 1. The third kappa shape index (κ3) is 3.88. The lowest BCUT2D eigenvalue weighted by molar-refractivity contribution is -0.124. The zero-order valence-electron chi connectivity index (χ0n) is 14.1. The standard InChI is InChI=1S/C17H19ClN2O4S2/c1-24-14-7-3-2-5-12(14)11-19-17(21)13-6-4-10-20(13)26(22,23)16-9-8-15(18)25-16/h2-3,5,7-9,13H,4,6,10-11H2,1H3,(H,19,21). The van der Waals surface area contributed by atoms with Gasteiger partial charge in [-0.3, -0.25) is 4.79 Å². The van der Waals surface area contributed by atoms with Gasteiger partial charge in [0.1, 0.15) is 16.0 Å². The molecule has 2 heterocycles. The van der Waals surface area contributed by atoms with Crippen LogP contribution in [0, 0.1) is 0 Å². The largest absolute Gasteiger partial charge is 0.496 e. The molecular formula is C17H19ClN2O4S2. The highest BCUT2D eigenvalue weighted by molar-refractivity contribution is 7.91. The summed E-state index contributed by atoms with van der Waals surface area (Å²) in [6.07, 6.45) is 1.14. The maximum atomic E-state index is 12.8. The number of carbonyl (C=O) groups is 1. The van der Waals surface area contributed by atoms with E-state index in [1.54, 1.807) is 13.2 Å². The molecule has 1 aromatic carbocycles. The van der Waals surface area contributed by atoms with Gasteiger partial charge in [-0.1, -0.05) is 29.8 Å². The normalized spacial score (nSPS) is 18.0. The molecule has 0 radical (unpaired) electrons. The molecule has 1 aliphatic heterocycles. The van der Waals surface area contributed by atoms with Gasteiger partial charge in [-0.15, -0.1) is 11.3 Å². The molecule has 0 saturated carbocycles. The number of sulfonamides is 1. The number of carbonyl (C=O) groups excluding carboxylic acids is 1. The van der Waals surface area contributed by atoms with Crippen LogP contribution >= 0.6 is 22.9 Å². The summed E-state index contributed by atoms with van der Waals surface area (Å²) in [5, 5.41) is 2.83. The van der Waals surface area contributed by atoms with E-state index in [1.165, 1.54) is 10.4 Å². The van der Waals surface area contributed by atoms with Crippen LogP contribution < -0.4 is 10.1 Å². The van der Waals surface area contributed by atoms with Crippen molar-refractivity contribution in [2.24, 2.45) is 0 Å². The molecule has 1 N–H and O–H groups in total. The first-order chi connectivity index (χ1) is 12.4. The van der Waals surface area contributed by atoms with E-state index in [4.69, 9.17) is 16.3 Å². The van der Waals surface area contributed by atoms with E-state index in [2.05, 4.69) is 5.32 Å². The number of rotatable bonds is 6. The van der Waals surface area contributed by atoms with Crippen molar-refractivity contribution in [1.29, 1.82) is 0 Å². The van der Waals surface area contributed by atoms with E-state index in [0.717, 1.165) is 16.9 Å². The zero-order valence-corrected chi connectivity index (χ0v) is 16.5. The highest BCUT2D eigenvalue weighted by Gasteiger charge is 2.40. The predicted molar refractivity (Wildman–Crippen MR) is 101 cm³/mol. The summed E-state index contributed by atoms with van der Waals surface area (Å²) in [6, 6.07) is 9.69. The molecule has 0 bridgehead atoms. The molecule has 3 rings (SSSR count). The van der Waals surface area contributed by atoms with Crippen molar-refractivity contribution >= 4 is 38.9 Å². The minimum absolute atomic E-state index is 0.159. The van der Waals surface area contributed by atoms with Crippen molar-refractivity contribution in [3.8, 4) is 5.75 Å². The quantitative estimate of drug-likeness (QED) is 0.788. The van der Waals surface area contributed by atoms with Gasteiger partial charge in [-0.05, 0) is 31.0 Å². The van der Waals surface area contributed by atoms with Crippen LogP contribution in [0.5, 0.6) is 5.75 Å². The van der Waals surface area contributed by atoms with Crippen LogP contribution in [0.1, 0.15) is 18.4 Å². The minimum atomic E-state index is -3.73. The van der Waals surface area contributed by atoms with Crippen molar-refractivity contribution in [3.63, 3.8) is 0 Å². The second-order valence-electron chi connectivity index (χ2n) is 5.86. The number of ether oxygens (including phenoxy) is 1. The van der Waals surface area contributed by atoms with E-state index >= 15 is 0 Å². The molecule has 1 aliphatic rings. The molecule has 1 fully saturated rings. The van der Waals surface area contributed by atoms with E-state index in [1.807, 2.05) is 24.3 Å². The van der Waals surface area contributed by atoms with Gasteiger partial charge in [-0.25, -0.2) is 8.42 Å². The lowest BCUT2D eigenvalue weighted by atomic mass is 10.2. The number of benzene rings is 1. The van der Waals surface area contributed by atoms with Gasteiger partial charge in [-0.2, -0.15) is 4.31 Å². The Morgan fingerprint density at radius 1 is 1.35 bits per heavy atom. The second-order valence-corrected chi connectivity index (χ2v) is 9.69. The molecule has 0 spiro atoms. The van der Waals surface area contributed by atoms with Crippen molar-refractivity contribution in [3.05, 3.63) is 46.3 Å². The van der Waals surface area contributed by atoms with Crippen molar-refractivity contribution in [2.45, 2.75) is 29.6 Å². The molecule has 6 nitrogen and oxygen atoms in total. The van der Waals surface area contributed by atoms with E-state index < -0.39 is 16.1 Å². The Bertz CT molecular complexity index is 898. The van der Waals surface area contributed by atoms with Gasteiger partial charge in [0, 0.05) is 18.7 Å². The zero-order chi connectivity index (χ0) is 18.7. The maximum absolute atomic E-state index is 12.8. The number of thiophene rings is 1.